The van der Waals surface area contributed by atoms with Gasteiger partial charge in [-0.1, -0.05) is 35.9 Å². The molecule has 1 aromatic heterocycles. The fraction of sp³-hybridized carbons (Fsp3) is 0.391. The molecule has 8 nitrogen and oxygen atoms in total. The first kappa shape index (κ1) is 21.0. The minimum Gasteiger partial charge on any atom is -0.350 e. The van der Waals surface area contributed by atoms with E-state index in [4.69, 9.17) is 0 Å². The Hall–Kier alpha value is -3.26. The zero-order chi connectivity index (χ0) is 21.8. The zero-order valence-corrected chi connectivity index (χ0v) is 17.6. The van der Waals surface area contributed by atoms with Gasteiger partial charge >= 0.3 is 6.03 Å². The van der Waals surface area contributed by atoms with E-state index in [9.17, 15) is 14.4 Å². The number of fused-ring (bicyclic) bond motifs is 1. The summed E-state index contributed by atoms with van der Waals surface area (Å²) in [5.74, 6) is -0.498. The van der Waals surface area contributed by atoms with Crippen LogP contribution < -0.4 is 10.6 Å². The molecule has 2 saturated heterocycles. The molecular formula is C23H27N5O3. The van der Waals surface area contributed by atoms with Crippen LogP contribution in [0, 0.1) is 6.92 Å². The lowest BCUT2D eigenvalue weighted by molar-refractivity contribution is -0.139. The lowest BCUT2D eigenvalue weighted by Crippen LogP contribution is -2.70. The van der Waals surface area contributed by atoms with E-state index in [0.29, 0.717) is 25.2 Å². The standard InChI is InChI=1S/C23H27N5O3/c1-16-7-9-17(10-8-16)13-26-20(29)15-27-19-6-4-12-25-21(19)22(30)28(23(27)31)14-18-5-2-3-11-24-18/h2-3,5,7-11,19,21,25H,4,6,12-15H2,1H3,(H,26,29). The molecule has 2 aliphatic heterocycles. The summed E-state index contributed by atoms with van der Waals surface area (Å²) in [6.45, 7) is 3.12. The van der Waals surface area contributed by atoms with Gasteiger partial charge in [0, 0.05) is 12.7 Å². The second-order valence-corrected chi connectivity index (χ2v) is 8.06. The Labute approximate surface area is 181 Å². The van der Waals surface area contributed by atoms with Crippen molar-refractivity contribution in [3.05, 3.63) is 65.5 Å². The van der Waals surface area contributed by atoms with Crippen LogP contribution in [0.2, 0.25) is 0 Å². The van der Waals surface area contributed by atoms with E-state index in [1.807, 2.05) is 37.3 Å². The molecule has 2 atom stereocenters. The predicted octanol–water partition coefficient (Wildman–Crippen LogP) is 1.59. The van der Waals surface area contributed by atoms with Crippen LogP contribution in [0.15, 0.2) is 48.7 Å². The van der Waals surface area contributed by atoms with Crippen LogP contribution in [0.1, 0.15) is 29.7 Å². The number of carbonyl (C=O) groups excluding carboxylic acids is 3. The Kier molecular flexibility index (Phi) is 6.27. The van der Waals surface area contributed by atoms with Gasteiger partial charge in [0.05, 0.1) is 18.3 Å². The highest BCUT2D eigenvalue weighted by atomic mass is 16.2. The number of piperidine rings is 1. The summed E-state index contributed by atoms with van der Waals surface area (Å²) in [5.41, 5.74) is 2.78. The smallest absolute Gasteiger partial charge is 0.327 e. The van der Waals surface area contributed by atoms with Crippen molar-refractivity contribution in [3.63, 3.8) is 0 Å². The first-order valence-corrected chi connectivity index (χ1v) is 10.6. The van der Waals surface area contributed by atoms with Crippen molar-refractivity contribution in [2.75, 3.05) is 13.1 Å². The SMILES string of the molecule is Cc1ccc(CNC(=O)CN2C(=O)N(Cc3ccccn3)C(=O)C3NCCCC32)cc1. The van der Waals surface area contributed by atoms with Crippen LogP contribution in [0.25, 0.3) is 0 Å². The van der Waals surface area contributed by atoms with Crippen LogP contribution in [-0.2, 0) is 22.7 Å². The van der Waals surface area contributed by atoms with E-state index >= 15 is 0 Å². The van der Waals surface area contributed by atoms with E-state index in [1.54, 1.807) is 18.3 Å². The third-order valence-electron chi connectivity index (χ3n) is 5.81. The number of rotatable bonds is 6. The Bertz CT molecular complexity index is 947. The molecule has 0 saturated carbocycles. The molecule has 3 heterocycles. The maximum absolute atomic E-state index is 13.2. The summed E-state index contributed by atoms with van der Waals surface area (Å²) in [7, 11) is 0. The molecule has 2 aliphatic rings. The van der Waals surface area contributed by atoms with Crippen LogP contribution in [0.4, 0.5) is 4.79 Å². The maximum atomic E-state index is 13.2. The van der Waals surface area contributed by atoms with Gasteiger partial charge in [-0.15, -0.1) is 0 Å². The molecule has 8 heteroatoms. The van der Waals surface area contributed by atoms with E-state index in [2.05, 4.69) is 15.6 Å². The number of imide groups is 1. The predicted molar refractivity (Wildman–Crippen MR) is 115 cm³/mol. The number of nitrogens with zero attached hydrogens (tertiary/aromatic N) is 3. The molecule has 2 unspecified atom stereocenters. The van der Waals surface area contributed by atoms with Crippen molar-refractivity contribution >= 4 is 17.8 Å². The Morgan fingerprint density at radius 2 is 2.00 bits per heavy atom. The highest BCUT2D eigenvalue weighted by Gasteiger charge is 2.47. The van der Waals surface area contributed by atoms with Crippen molar-refractivity contribution in [2.24, 2.45) is 0 Å². The van der Waals surface area contributed by atoms with Crippen LogP contribution in [0.5, 0.6) is 0 Å². The van der Waals surface area contributed by atoms with Crippen molar-refractivity contribution in [1.82, 2.24) is 25.4 Å². The third-order valence-corrected chi connectivity index (χ3v) is 5.81. The van der Waals surface area contributed by atoms with Crippen LogP contribution in [0.3, 0.4) is 0 Å². The number of aryl methyl sites for hydroxylation is 1. The zero-order valence-electron chi connectivity index (χ0n) is 17.6. The minimum absolute atomic E-state index is 0.0838. The lowest BCUT2D eigenvalue weighted by Gasteiger charge is -2.46. The molecule has 4 amide bonds. The van der Waals surface area contributed by atoms with Crippen molar-refractivity contribution in [2.45, 2.75) is 44.9 Å². The van der Waals surface area contributed by atoms with Gasteiger partial charge in [-0.05, 0) is 44.0 Å². The average molecular weight is 422 g/mol. The Morgan fingerprint density at radius 1 is 1.19 bits per heavy atom. The Balaban J connectivity index is 1.47. The van der Waals surface area contributed by atoms with Gasteiger partial charge in [0.1, 0.15) is 12.6 Å². The summed E-state index contributed by atoms with van der Waals surface area (Å²) < 4.78 is 0. The van der Waals surface area contributed by atoms with Gasteiger partial charge < -0.3 is 15.5 Å². The van der Waals surface area contributed by atoms with Gasteiger partial charge in [0.25, 0.3) is 0 Å². The molecule has 0 bridgehead atoms. The second-order valence-electron chi connectivity index (χ2n) is 8.06. The molecular weight excluding hydrogens is 394 g/mol. The topological polar surface area (TPSA) is 94.6 Å². The van der Waals surface area contributed by atoms with Crippen molar-refractivity contribution in [3.8, 4) is 0 Å². The molecule has 4 rings (SSSR count). The summed E-state index contributed by atoms with van der Waals surface area (Å²) >= 11 is 0. The fourth-order valence-corrected chi connectivity index (χ4v) is 4.12. The van der Waals surface area contributed by atoms with Gasteiger partial charge in [0.15, 0.2) is 0 Å². The number of pyridine rings is 1. The summed E-state index contributed by atoms with van der Waals surface area (Å²) in [5, 5.41) is 6.12. The Morgan fingerprint density at radius 3 is 2.74 bits per heavy atom. The number of benzene rings is 1. The number of nitrogens with one attached hydrogen (secondary N) is 2. The molecule has 1 aromatic carbocycles. The molecule has 0 spiro atoms. The number of urea groups is 1. The largest absolute Gasteiger partial charge is 0.350 e. The van der Waals surface area contributed by atoms with Gasteiger partial charge in [-0.2, -0.15) is 0 Å². The molecule has 31 heavy (non-hydrogen) atoms. The van der Waals surface area contributed by atoms with Gasteiger partial charge in [0.2, 0.25) is 11.8 Å². The average Bonchev–Trinajstić information content (AvgIpc) is 2.80. The summed E-state index contributed by atoms with van der Waals surface area (Å²) in [6, 6.07) is 12.0. The van der Waals surface area contributed by atoms with Crippen molar-refractivity contribution < 1.29 is 14.4 Å². The number of hydrogen-bond acceptors (Lipinski definition) is 5. The van der Waals surface area contributed by atoms with E-state index in [1.165, 1.54) is 9.80 Å². The van der Waals surface area contributed by atoms with Crippen LogP contribution >= 0.6 is 0 Å². The highest BCUT2D eigenvalue weighted by molar-refractivity contribution is 6.01. The number of carbonyl (C=O) groups is 3. The first-order chi connectivity index (χ1) is 15.0. The first-order valence-electron chi connectivity index (χ1n) is 10.6. The fourth-order valence-electron chi connectivity index (χ4n) is 4.12. The summed E-state index contributed by atoms with van der Waals surface area (Å²) in [6.07, 6.45) is 3.17. The molecule has 2 aromatic rings. The molecule has 2 N–H and O–H groups in total. The third kappa shape index (κ3) is 4.74. The molecule has 162 valence electrons. The monoisotopic (exact) mass is 421 g/mol. The van der Waals surface area contributed by atoms with E-state index in [-0.39, 0.29) is 30.9 Å². The van der Waals surface area contributed by atoms with Crippen molar-refractivity contribution in [1.29, 1.82) is 0 Å². The molecule has 0 radical (unpaired) electrons. The number of amides is 4. The normalized spacial score (nSPS) is 21.1. The van der Waals surface area contributed by atoms with E-state index in [0.717, 1.165) is 17.5 Å². The molecule has 0 aliphatic carbocycles. The highest BCUT2D eigenvalue weighted by Crippen LogP contribution is 2.25. The number of hydrogen-bond donors (Lipinski definition) is 2. The quantitative estimate of drug-likeness (QED) is 0.739. The number of aromatic nitrogens is 1. The molecule has 2 fully saturated rings. The lowest BCUT2D eigenvalue weighted by atomic mass is 9.93. The van der Waals surface area contributed by atoms with E-state index < -0.39 is 12.1 Å². The second kappa shape index (κ2) is 9.26. The van der Waals surface area contributed by atoms with Gasteiger partial charge in [-0.25, -0.2) is 4.79 Å². The maximum Gasteiger partial charge on any atom is 0.327 e. The minimum atomic E-state index is -0.500. The van der Waals surface area contributed by atoms with Crippen LogP contribution in [-0.4, -0.2) is 57.8 Å². The van der Waals surface area contributed by atoms with Gasteiger partial charge in [-0.3, -0.25) is 19.5 Å². The summed E-state index contributed by atoms with van der Waals surface area (Å²) in [4.78, 5) is 45.9.